The minimum Gasteiger partial charge on any atom is -0.394 e. The monoisotopic (exact) mass is 816 g/mol. The molecule has 1 aliphatic heterocycles. The Hall–Kier alpha value is -0.850. The second kappa shape index (κ2) is 38.1. The van der Waals surface area contributed by atoms with Gasteiger partial charge in [0, 0.05) is 6.42 Å². The molecular formula is C47H93NO9. The summed E-state index contributed by atoms with van der Waals surface area (Å²) in [5.74, 6) is -0.253. The minimum absolute atomic E-state index is 0.253. The van der Waals surface area contributed by atoms with E-state index in [4.69, 9.17) is 9.47 Å². The summed E-state index contributed by atoms with van der Waals surface area (Å²) in [5, 5.41) is 65.2. The summed E-state index contributed by atoms with van der Waals surface area (Å²) in [7, 11) is 0. The molecule has 1 saturated heterocycles. The normalized spacial score (nSPS) is 21.4. The second-order valence-electron chi connectivity index (χ2n) is 17.4. The molecule has 7 N–H and O–H groups in total. The van der Waals surface area contributed by atoms with Gasteiger partial charge < -0.3 is 45.4 Å². The zero-order valence-electron chi connectivity index (χ0n) is 37.0. The highest BCUT2D eigenvalue weighted by Crippen LogP contribution is 2.23. The number of hydrogen-bond acceptors (Lipinski definition) is 9. The zero-order chi connectivity index (χ0) is 41.8. The first kappa shape index (κ1) is 54.2. The van der Waals surface area contributed by atoms with Crippen LogP contribution in [-0.2, 0) is 14.3 Å². The van der Waals surface area contributed by atoms with Gasteiger partial charge in [-0.3, -0.25) is 4.79 Å². The van der Waals surface area contributed by atoms with Crippen LogP contribution >= 0.6 is 0 Å². The summed E-state index contributed by atoms with van der Waals surface area (Å²) in [6.07, 6.45) is 31.1. The standard InChI is InChI=1S/C47H93NO9/c1-3-5-7-9-11-13-15-17-18-19-20-21-22-23-24-26-28-30-32-34-36-42(51)48-39(38-56-47-46(55)45(54)44(53)41(37-49)57-47)43(52)40(50)35-33-31-29-27-25-16-14-12-10-8-6-4-2/h39-41,43-47,49-50,52-55H,3-38H2,1-2H3,(H,48,51)/t39-,40+,41+,43-,44-,45?,46?,47+/m0/s1. The lowest BCUT2D eigenvalue weighted by atomic mass is 9.98. The maximum absolute atomic E-state index is 13.0. The van der Waals surface area contributed by atoms with Crippen molar-refractivity contribution in [1.82, 2.24) is 5.32 Å². The molecule has 1 fully saturated rings. The van der Waals surface area contributed by atoms with Crippen molar-refractivity contribution in [3.63, 3.8) is 0 Å². The van der Waals surface area contributed by atoms with Crippen LogP contribution in [0.3, 0.4) is 0 Å². The maximum atomic E-state index is 13.0. The summed E-state index contributed by atoms with van der Waals surface area (Å²) in [4.78, 5) is 13.0. The first-order valence-electron chi connectivity index (χ1n) is 24.3. The minimum atomic E-state index is -1.60. The fourth-order valence-corrected chi connectivity index (χ4v) is 8.08. The Balaban J connectivity index is 2.32. The Bertz CT molecular complexity index is 880. The van der Waals surface area contributed by atoms with Gasteiger partial charge in [0.05, 0.1) is 25.4 Å². The molecule has 1 rings (SSSR count). The molecule has 0 saturated carbocycles. The van der Waals surface area contributed by atoms with Crippen molar-refractivity contribution >= 4 is 5.91 Å². The van der Waals surface area contributed by atoms with Crippen molar-refractivity contribution in [3.05, 3.63) is 0 Å². The van der Waals surface area contributed by atoms with E-state index in [-0.39, 0.29) is 18.9 Å². The average Bonchev–Trinajstić information content (AvgIpc) is 3.21. The van der Waals surface area contributed by atoms with E-state index in [9.17, 15) is 35.4 Å². The van der Waals surface area contributed by atoms with Crippen LogP contribution in [0.1, 0.15) is 232 Å². The van der Waals surface area contributed by atoms with Crippen LogP contribution in [0.5, 0.6) is 0 Å². The molecule has 340 valence electrons. The van der Waals surface area contributed by atoms with Crippen LogP contribution in [0.25, 0.3) is 0 Å². The van der Waals surface area contributed by atoms with Gasteiger partial charge in [-0.15, -0.1) is 0 Å². The third-order valence-corrected chi connectivity index (χ3v) is 12.1. The molecule has 0 aromatic carbocycles. The second-order valence-corrected chi connectivity index (χ2v) is 17.4. The van der Waals surface area contributed by atoms with E-state index in [0.717, 1.165) is 38.5 Å². The van der Waals surface area contributed by atoms with E-state index >= 15 is 0 Å². The summed E-state index contributed by atoms with van der Waals surface area (Å²) < 4.78 is 11.2. The number of hydrogen-bond donors (Lipinski definition) is 7. The third-order valence-electron chi connectivity index (χ3n) is 12.1. The number of nitrogens with one attached hydrogen (secondary N) is 1. The van der Waals surface area contributed by atoms with Gasteiger partial charge in [0.25, 0.3) is 0 Å². The molecule has 0 radical (unpaired) electrons. The van der Waals surface area contributed by atoms with E-state index < -0.39 is 55.6 Å². The topological polar surface area (TPSA) is 169 Å². The third kappa shape index (κ3) is 28.3. The van der Waals surface area contributed by atoms with Crippen molar-refractivity contribution in [1.29, 1.82) is 0 Å². The van der Waals surface area contributed by atoms with Gasteiger partial charge in [0.2, 0.25) is 5.91 Å². The Kier molecular flexibility index (Phi) is 36.2. The summed E-state index contributed by atoms with van der Waals surface area (Å²) in [5.41, 5.74) is 0. The van der Waals surface area contributed by atoms with Crippen molar-refractivity contribution in [2.24, 2.45) is 0 Å². The molecule has 8 atom stereocenters. The SMILES string of the molecule is CCCCCCCCCCCCCCCCCCCCCCC(=O)N[C@@H](CO[C@@H]1O[C@H](CO)[C@H](O)C(O)C1O)[C@H](O)[C@H](O)CCCCCCCCCCCCCC. The van der Waals surface area contributed by atoms with Gasteiger partial charge in [0.1, 0.15) is 30.5 Å². The summed E-state index contributed by atoms with van der Waals surface area (Å²) in [6.45, 7) is 3.62. The van der Waals surface area contributed by atoms with Gasteiger partial charge in [-0.25, -0.2) is 0 Å². The highest BCUT2D eigenvalue weighted by molar-refractivity contribution is 5.76. The van der Waals surface area contributed by atoms with Gasteiger partial charge in [-0.2, -0.15) is 0 Å². The maximum Gasteiger partial charge on any atom is 0.220 e. The zero-order valence-corrected chi connectivity index (χ0v) is 37.0. The predicted molar refractivity (Wildman–Crippen MR) is 232 cm³/mol. The number of amides is 1. The van der Waals surface area contributed by atoms with Crippen LogP contribution in [0, 0.1) is 0 Å². The number of carbonyl (C=O) groups excluding carboxylic acids is 1. The van der Waals surface area contributed by atoms with Gasteiger partial charge in [0.15, 0.2) is 6.29 Å². The molecule has 0 spiro atoms. The molecule has 1 heterocycles. The lowest BCUT2D eigenvalue weighted by molar-refractivity contribution is -0.303. The molecule has 57 heavy (non-hydrogen) atoms. The molecular weight excluding hydrogens is 723 g/mol. The van der Waals surface area contributed by atoms with Crippen molar-refractivity contribution in [3.8, 4) is 0 Å². The molecule has 0 aromatic heterocycles. The molecule has 1 amide bonds. The highest BCUT2D eigenvalue weighted by Gasteiger charge is 2.44. The van der Waals surface area contributed by atoms with E-state index in [1.54, 1.807) is 0 Å². The lowest BCUT2D eigenvalue weighted by Gasteiger charge is -2.40. The van der Waals surface area contributed by atoms with Gasteiger partial charge in [-0.1, -0.05) is 213 Å². The molecule has 0 bridgehead atoms. The Morgan fingerprint density at radius 2 is 0.912 bits per heavy atom. The number of aliphatic hydroxyl groups is 6. The summed E-state index contributed by atoms with van der Waals surface area (Å²) in [6, 6.07) is -0.984. The number of unbranched alkanes of at least 4 members (excludes halogenated alkanes) is 30. The van der Waals surface area contributed by atoms with Crippen LogP contribution < -0.4 is 5.32 Å². The lowest BCUT2D eigenvalue weighted by Crippen LogP contribution is -2.60. The highest BCUT2D eigenvalue weighted by atomic mass is 16.7. The fourth-order valence-electron chi connectivity index (χ4n) is 8.08. The molecule has 0 aliphatic carbocycles. The van der Waals surface area contributed by atoms with Crippen LogP contribution in [0.2, 0.25) is 0 Å². The number of rotatable bonds is 41. The predicted octanol–water partition coefficient (Wildman–Crippen LogP) is 9.31. The molecule has 10 nitrogen and oxygen atoms in total. The van der Waals surface area contributed by atoms with Crippen LogP contribution in [0.4, 0.5) is 0 Å². The van der Waals surface area contributed by atoms with Crippen molar-refractivity contribution < 1.29 is 44.9 Å². The van der Waals surface area contributed by atoms with E-state index in [1.165, 1.54) is 167 Å². The van der Waals surface area contributed by atoms with Crippen molar-refractivity contribution in [2.75, 3.05) is 13.2 Å². The van der Waals surface area contributed by atoms with E-state index in [1.807, 2.05) is 0 Å². The first-order chi connectivity index (χ1) is 27.8. The number of ether oxygens (including phenoxy) is 2. The Morgan fingerprint density at radius 3 is 1.30 bits per heavy atom. The van der Waals surface area contributed by atoms with E-state index in [0.29, 0.717) is 6.42 Å². The molecule has 2 unspecified atom stereocenters. The average molecular weight is 816 g/mol. The molecule has 1 aliphatic rings. The number of carbonyl (C=O) groups is 1. The number of aliphatic hydroxyl groups excluding tert-OH is 6. The fraction of sp³-hybridized carbons (Fsp3) is 0.979. The quantitative estimate of drug-likeness (QED) is 0.0298. The van der Waals surface area contributed by atoms with Crippen LogP contribution in [-0.4, -0.2) is 98.7 Å². The van der Waals surface area contributed by atoms with Crippen LogP contribution in [0.15, 0.2) is 0 Å². The Labute approximate surface area is 349 Å². The smallest absolute Gasteiger partial charge is 0.220 e. The van der Waals surface area contributed by atoms with E-state index in [2.05, 4.69) is 19.2 Å². The van der Waals surface area contributed by atoms with Gasteiger partial charge in [-0.05, 0) is 12.8 Å². The van der Waals surface area contributed by atoms with Crippen molar-refractivity contribution in [2.45, 2.75) is 281 Å². The largest absolute Gasteiger partial charge is 0.394 e. The van der Waals surface area contributed by atoms with Gasteiger partial charge >= 0.3 is 0 Å². The first-order valence-corrected chi connectivity index (χ1v) is 24.3. The molecule has 10 heteroatoms. The Morgan fingerprint density at radius 1 is 0.544 bits per heavy atom. The molecule has 0 aromatic rings. The summed E-state index contributed by atoms with van der Waals surface area (Å²) >= 11 is 0.